The van der Waals surface area contributed by atoms with Gasteiger partial charge < -0.3 is 10.2 Å². The van der Waals surface area contributed by atoms with Gasteiger partial charge in [0.05, 0.1) is 0 Å². The van der Waals surface area contributed by atoms with Crippen LogP contribution in [0.15, 0.2) is 30.3 Å². The Bertz CT molecular complexity index is 563. The second kappa shape index (κ2) is 7.79. The van der Waals surface area contributed by atoms with E-state index in [1.165, 1.54) is 10.5 Å². The van der Waals surface area contributed by atoms with Crippen molar-refractivity contribution in [2.45, 2.75) is 39.3 Å². The van der Waals surface area contributed by atoms with Gasteiger partial charge in [-0.2, -0.15) is 0 Å². The predicted octanol–water partition coefficient (Wildman–Crippen LogP) is 1.88. The maximum absolute atomic E-state index is 12.6. The average molecular weight is 331 g/mol. The maximum Gasteiger partial charge on any atom is 0.244 e. The fourth-order valence-electron chi connectivity index (χ4n) is 3.09. The summed E-state index contributed by atoms with van der Waals surface area (Å²) >= 11 is 0. The lowest BCUT2D eigenvalue weighted by molar-refractivity contribution is -0.139. The number of amides is 2. The molecule has 0 bridgehead atoms. The van der Waals surface area contributed by atoms with E-state index in [9.17, 15) is 9.59 Å². The average Bonchev–Trinajstić information content (AvgIpc) is 2.57. The Hall–Kier alpha value is -1.88. The lowest BCUT2D eigenvalue weighted by Gasteiger charge is -2.38. The largest absolute Gasteiger partial charge is 0.347 e. The summed E-state index contributed by atoms with van der Waals surface area (Å²) in [5, 5.41) is 2.89. The maximum atomic E-state index is 12.6. The summed E-state index contributed by atoms with van der Waals surface area (Å²) in [4.78, 5) is 28.4. The van der Waals surface area contributed by atoms with Gasteiger partial charge in [-0.3, -0.25) is 14.5 Å². The second-order valence-electron chi connectivity index (χ2n) is 7.25. The number of carbonyl (C=O) groups is 2. The van der Waals surface area contributed by atoms with Gasteiger partial charge in [0.25, 0.3) is 0 Å². The zero-order chi connectivity index (χ0) is 17.7. The molecule has 0 radical (unpaired) electrons. The Labute approximate surface area is 145 Å². The monoisotopic (exact) mass is 331 g/mol. The molecule has 2 rings (SSSR count). The van der Waals surface area contributed by atoms with Crippen LogP contribution in [0, 0.1) is 5.41 Å². The highest BCUT2D eigenvalue weighted by Crippen LogP contribution is 2.31. The molecule has 2 amide bonds. The molecule has 1 N–H and O–H groups in total. The van der Waals surface area contributed by atoms with Gasteiger partial charge in [-0.05, 0) is 38.4 Å². The third-order valence-electron chi connectivity index (χ3n) is 4.92. The van der Waals surface area contributed by atoms with Gasteiger partial charge in [0.15, 0.2) is 0 Å². The first-order valence-electron chi connectivity index (χ1n) is 8.60. The highest BCUT2D eigenvalue weighted by atomic mass is 16.2. The van der Waals surface area contributed by atoms with Gasteiger partial charge in [-0.25, -0.2) is 0 Å². The van der Waals surface area contributed by atoms with Crippen molar-refractivity contribution >= 4 is 11.8 Å². The zero-order valence-corrected chi connectivity index (χ0v) is 15.2. The van der Waals surface area contributed by atoms with E-state index in [4.69, 9.17) is 0 Å². The van der Waals surface area contributed by atoms with Gasteiger partial charge in [0.1, 0.15) is 6.04 Å². The second-order valence-corrected chi connectivity index (χ2v) is 7.25. The Morgan fingerprint density at radius 3 is 2.33 bits per heavy atom. The number of likely N-dealkylation sites (tertiary alicyclic amines) is 1. The van der Waals surface area contributed by atoms with Crippen LogP contribution in [0.2, 0.25) is 0 Å². The molecule has 0 unspecified atom stereocenters. The first-order valence-corrected chi connectivity index (χ1v) is 8.60. The molecule has 1 heterocycles. The van der Waals surface area contributed by atoms with E-state index in [2.05, 4.69) is 34.5 Å². The summed E-state index contributed by atoms with van der Waals surface area (Å²) in [6.07, 6.45) is 1.63. The minimum Gasteiger partial charge on any atom is -0.347 e. The molecule has 0 aliphatic carbocycles. The fraction of sp³-hybridized carbons (Fsp3) is 0.579. The van der Waals surface area contributed by atoms with E-state index in [0.717, 1.165) is 32.5 Å². The Morgan fingerprint density at radius 2 is 1.79 bits per heavy atom. The van der Waals surface area contributed by atoms with Gasteiger partial charge >= 0.3 is 0 Å². The van der Waals surface area contributed by atoms with Crippen LogP contribution in [0.3, 0.4) is 0 Å². The number of nitrogens with one attached hydrogen (secondary N) is 1. The topological polar surface area (TPSA) is 52.7 Å². The first kappa shape index (κ1) is 18.5. The van der Waals surface area contributed by atoms with Crippen LogP contribution in [0.25, 0.3) is 0 Å². The molecule has 5 nitrogen and oxygen atoms in total. The van der Waals surface area contributed by atoms with Crippen LogP contribution in [-0.4, -0.2) is 54.8 Å². The minimum atomic E-state index is -0.480. The predicted molar refractivity (Wildman–Crippen MR) is 95.4 cm³/mol. The minimum absolute atomic E-state index is 0.00967. The molecule has 0 aromatic heterocycles. The highest BCUT2D eigenvalue weighted by molar-refractivity contribution is 5.89. The molecule has 0 spiro atoms. The fourth-order valence-corrected chi connectivity index (χ4v) is 3.09. The molecule has 1 aliphatic rings. The first-order chi connectivity index (χ1) is 11.3. The Morgan fingerprint density at radius 1 is 1.21 bits per heavy atom. The molecule has 24 heavy (non-hydrogen) atoms. The third kappa shape index (κ3) is 4.57. The van der Waals surface area contributed by atoms with E-state index in [0.29, 0.717) is 0 Å². The zero-order valence-electron chi connectivity index (χ0n) is 15.2. The molecule has 132 valence electrons. The molecular weight excluding hydrogens is 302 g/mol. The SMILES string of the molecule is C[C@H](NC(=O)C1(C)CCN(Cc2ccccc2)CC1)C(=O)N(C)C. The van der Waals surface area contributed by atoms with Crippen LogP contribution in [-0.2, 0) is 16.1 Å². The van der Waals surface area contributed by atoms with Crippen molar-refractivity contribution in [3.8, 4) is 0 Å². The van der Waals surface area contributed by atoms with Crippen molar-refractivity contribution in [3.63, 3.8) is 0 Å². The normalized spacial score (nSPS) is 18.7. The van der Waals surface area contributed by atoms with Crippen molar-refractivity contribution in [2.24, 2.45) is 5.41 Å². The quantitative estimate of drug-likeness (QED) is 0.896. The molecule has 1 aromatic rings. The van der Waals surface area contributed by atoms with E-state index in [1.807, 2.05) is 13.0 Å². The number of carbonyl (C=O) groups excluding carboxylic acids is 2. The van der Waals surface area contributed by atoms with Gasteiger partial charge in [0.2, 0.25) is 11.8 Å². The molecule has 1 saturated heterocycles. The van der Waals surface area contributed by atoms with Crippen LogP contribution in [0.5, 0.6) is 0 Å². The Kier molecular flexibility index (Phi) is 5.99. The van der Waals surface area contributed by atoms with Crippen molar-refractivity contribution in [3.05, 3.63) is 35.9 Å². The van der Waals surface area contributed by atoms with Crippen molar-refractivity contribution in [1.29, 1.82) is 0 Å². The van der Waals surface area contributed by atoms with E-state index in [1.54, 1.807) is 21.0 Å². The van der Waals surface area contributed by atoms with E-state index >= 15 is 0 Å². The van der Waals surface area contributed by atoms with Crippen molar-refractivity contribution in [2.75, 3.05) is 27.2 Å². The summed E-state index contributed by atoms with van der Waals surface area (Å²) < 4.78 is 0. The number of nitrogens with zero attached hydrogens (tertiary/aromatic N) is 2. The highest BCUT2D eigenvalue weighted by Gasteiger charge is 2.38. The van der Waals surface area contributed by atoms with Gasteiger partial charge in [-0.1, -0.05) is 37.3 Å². The molecule has 0 saturated carbocycles. The number of piperidine rings is 1. The molecule has 5 heteroatoms. The Balaban J connectivity index is 1.87. The molecule has 1 fully saturated rings. The van der Waals surface area contributed by atoms with Crippen LogP contribution < -0.4 is 5.32 Å². The number of likely N-dealkylation sites (N-methyl/N-ethyl adjacent to an activating group) is 1. The van der Waals surface area contributed by atoms with Crippen LogP contribution >= 0.6 is 0 Å². The van der Waals surface area contributed by atoms with Crippen molar-refractivity contribution < 1.29 is 9.59 Å². The summed E-state index contributed by atoms with van der Waals surface area (Å²) in [6.45, 7) is 6.47. The van der Waals surface area contributed by atoms with Gasteiger partial charge in [0, 0.05) is 26.1 Å². The molecule has 1 aromatic carbocycles. The third-order valence-corrected chi connectivity index (χ3v) is 4.92. The lowest BCUT2D eigenvalue weighted by Crippen LogP contribution is -2.52. The number of hydrogen-bond donors (Lipinski definition) is 1. The van der Waals surface area contributed by atoms with Gasteiger partial charge in [-0.15, -0.1) is 0 Å². The summed E-state index contributed by atoms with van der Waals surface area (Å²) in [5.41, 5.74) is 0.907. The van der Waals surface area contributed by atoms with Crippen molar-refractivity contribution in [1.82, 2.24) is 15.1 Å². The summed E-state index contributed by atoms with van der Waals surface area (Å²) in [7, 11) is 3.41. The van der Waals surface area contributed by atoms with E-state index in [-0.39, 0.29) is 11.8 Å². The number of hydrogen-bond acceptors (Lipinski definition) is 3. The molecular formula is C19H29N3O2. The lowest BCUT2D eigenvalue weighted by atomic mass is 9.79. The van der Waals surface area contributed by atoms with Crippen LogP contribution in [0.4, 0.5) is 0 Å². The smallest absolute Gasteiger partial charge is 0.244 e. The van der Waals surface area contributed by atoms with Crippen LogP contribution in [0.1, 0.15) is 32.3 Å². The standard InChI is InChI=1S/C19H29N3O2/c1-15(17(23)21(3)4)20-18(24)19(2)10-12-22(13-11-19)14-16-8-6-5-7-9-16/h5-9,15H,10-14H2,1-4H3,(H,20,24)/t15-/m0/s1. The van der Waals surface area contributed by atoms with E-state index < -0.39 is 11.5 Å². The molecule has 1 atom stereocenters. The molecule has 1 aliphatic heterocycles. The summed E-state index contributed by atoms with van der Waals surface area (Å²) in [5.74, 6) is -0.0852. The number of benzene rings is 1. The summed E-state index contributed by atoms with van der Waals surface area (Å²) in [6, 6.07) is 9.92. The number of rotatable bonds is 5.